The van der Waals surface area contributed by atoms with E-state index >= 15 is 0 Å². The number of hydrogen-bond donors (Lipinski definition) is 0. The summed E-state index contributed by atoms with van der Waals surface area (Å²) >= 11 is 0. The topological polar surface area (TPSA) is 12.9 Å². The average molecular weight is 157 g/mol. The van der Waals surface area contributed by atoms with Crippen LogP contribution in [0.4, 0.5) is 0 Å². The molecule has 0 N–H and O–H groups in total. The van der Waals surface area contributed by atoms with Gasteiger partial charge in [-0.15, -0.1) is 0 Å². The van der Waals surface area contributed by atoms with E-state index in [4.69, 9.17) is 0 Å². The molecule has 1 aliphatic rings. The maximum absolute atomic E-state index is 4.08. The van der Waals surface area contributed by atoms with Gasteiger partial charge < -0.3 is 0 Å². The summed E-state index contributed by atoms with van der Waals surface area (Å²) in [5, 5.41) is 0. The van der Waals surface area contributed by atoms with Gasteiger partial charge in [-0.05, 0) is 30.0 Å². The van der Waals surface area contributed by atoms with Crippen LogP contribution in [-0.4, -0.2) is 4.98 Å². The SMILES string of the molecule is C1=CC(Cc2cccnc2)=CC1. The lowest BCUT2D eigenvalue weighted by molar-refractivity contribution is 1.15. The maximum Gasteiger partial charge on any atom is 0.0303 e. The molecule has 0 atom stereocenters. The van der Waals surface area contributed by atoms with Crippen LogP contribution < -0.4 is 0 Å². The standard InChI is InChI=1S/C11H11N/c1-2-5-10(4-1)8-11-6-3-7-12-9-11/h1,3-7,9H,2,8H2. The van der Waals surface area contributed by atoms with Crippen molar-refractivity contribution in [2.75, 3.05) is 0 Å². The fraction of sp³-hybridized carbons (Fsp3) is 0.182. The Labute approximate surface area is 72.5 Å². The molecule has 0 aromatic carbocycles. The number of allylic oxidation sites excluding steroid dienone is 4. The zero-order valence-corrected chi connectivity index (χ0v) is 6.90. The lowest BCUT2D eigenvalue weighted by Crippen LogP contribution is -1.86. The summed E-state index contributed by atoms with van der Waals surface area (Å²) in [6, 6.07) is 4.09. The van der Waals surface area contributed by atoms with Crippen LogP contribution >= 0.6 is 0 Å². The highest BCUT2D eigenvalue weighted by atomic mass is 14.6. The molecule has 1 nitrogen and oxygen atoms in total. The molecule has 0 fully saturated rings. The van der Waals surface area contributed by atoms with E-state index < -0.39 is 0 Å². The van der Waals surface area contributed by atoms with Gasteiger partial charge >= 0.3 is 0 Å². The van der Waals surface area contributed by atoms with E-state index in [1.165, 1.54) is 11.1 Å². The predicted molar refractivity (Wildman–Crippen MR) is 49.8 cm³/mol. The Morgan fingerprint density at radius 1 is 1.42 bits per heavy atom. The fourth-order valence-corrected chi connectivity index (χ4v) is 1.38. The largest absolute Gasteiger partial charge is 0.264 e. The second kappa shape index (κ2) is 3.35. The first-order valence-electron chi connectivity index (χ1n) is 4.19. The predicted octanol–water partition coefficient (Wildman–Crippen LogP) is 2.51. The van der Waals surface area contributed by atoms with Gasteiger partial charge in [0.25, 0.3) is 0 Å². The van der Waals surface area contributed by atoms with Crippen LogP contribution in [0.1, 0.15) is 12.0 Å². The molecule has 2 rings (SSSR count). The fourth-order valence-electron chi connectivity index (χ4n) is 1.38. The normalized spacial score (nSPS) is 14.8. The van der Waals surface area contributed by atoms with Crippen molar-refractivity contribution in [1.82, 2.24) is 4.98 Å². The van der Waals surface area contributed by atoms with Gasteiger partial charge in [0.1, 0.15) is 0 Å². The van der Waals surface area contributed by atoms with Crippen LogP contribution in [0.15, 0.2) is 48.3 Å². The van der Waals surface area contributed by atoms with Crippen molar-refractivity contribution in [1.29, 1.82) is 0 Å². The van der Waals surface area contributed by atoms with Gasteiger partial charge in [-0.25, -0.2) is 0 Å². The van der Waals surface area contributed by atoms with Gasteiger partial charge in [-0.2, -0.15) is 0 Å². The van der Waals surface area contributed by atoms with Crippen LogP contribution in [0.3, 0.4) is 0 Å². The average Bonchev–Trinajstić information content (AvgIpc) is 2.59. The molecule has 0 radical (unpaired) electrons. The minimum Gasteiger partial charge on any atom is -0.264 e. The highest BCUT2D eigenvalue weighted by Gasteiger charge is 1.98. The molecule has 60 valence electrons. The second-order valence-corrected chi connectivity index (χ2v) is 2.96. The van der Waals surface area contributed by atoms with Crippen LogP contribution in [-0.2, 0) is 6.42 Å². The van der Waals surface area contributed by atoms with Gasteiger partial charge in [0, 0.05) is 12.4 Å². The Morgan fingerprint density at radius 3 is 3.08 bits per heavy atom. The van der Waals surface area contributed by atoms with Crippen LogP contribution in [0, 0.1) is 0 Å². The number of pyridine rings is 1. The minimum absolute atomic E-state index is 1.02. The molecule has 0 aliphatic heterocycles. The summed E-state index contributed by atoms with van der Waals surface area (Å²) in [5.74, 6) is 0. The van der Waals surface area contributed by atoms with Gasteiger partial charge in [0.05, 0.1) is 0 Å². The van der Waals surface area contributed by atoms with Crippen LogP contribution in [0.5, 0.6) is 0 Å². The van der Waals surface area contributed by atoms with Crippen molar-refractivity contribution < 1.29 is 0 Å². The molecule has 0 unspecified atom stereocenters. The first-order valence-corrected chi connectivity index (χ1v) is 4.19. The van der Waals surface area contributed by atoms with Crippen molar-refractivity contribution >= 4 is 0 Å². The Morgan fingerprint density at radius 2 is 2.42 bits per heavy atom. The zero-order chi connectivity index (χ0) is 8.23. The van der Waals surface area contributed by atoms with Crippen molar-refractivity contribution in [2.24, 2.45) is 0 Å². The molecule has 0 saturated heterocycles. The molecule has 1 heterocycles. The number of rotatable bonds is 2. The van der Waals surface area contributed by atoms with E-state index in [1.807, 2.05) is 18.5 Å². The molecule has 1 aliphatic carbocycles. The summed E-state index contributed by atoms with van der Waals surface area (Å²) in [6.45, 7) is 0. The molecular weight excluding hydrogens is 146 g/mol. The molecule has 12 heavy (non-hydrogen) atoms. The van der Waals surface area contributed by atoms with E-state index in [2.05, 4.69) is 29.3 Å². The highest BCUT2D eigenvalue weighted by Crippen LogP contribution is 2.13. The molecule has 0 amide bonds. The van der Waals surface area contributed by atoms with Crippen molar-refractivity contribution in [3.8, 4) is 0 Å². The lowest BCUT2D eigenvalue weighted by Gasteiger charge is -1.98. The molecule has 1 aromatic rings. The third-order valence-corrected chi connectivity index (χ3v) is 1.98. The first-order chi connectivity index (χ1) is 5.95. The number of aromatic nitrogens is 1. The second-order valence-electron chi connectivity index (χ2n) is 2.96. The summed E-state index contributed by atoms with van der Waals surface area (Å²) in [6.07, 6.45) is 12.5. The van der Waals surface area contributed by atoms with E-state index in [0.717, 1.165) is 12.8 Å². The van der Waals surface area contributed by atoms with Crippen molar-refractivity contribution in [2.45, 2.75) is 12.8 Å². The molecule has 1 heteroatoms. The molecule has 0 bridgehead atoms. The van der Waals surface area contributed by atoms with Gasteiger partial charge in [0.15, 0.2) is 0 Å². The van der Waals surface area contributed by atoms with E-state index in [9.17, 15) is 0 Å². The molecular formula is C11H11N. The Hall–Kier alpha value is -1.37. The summed E-state index contributed by atoms with van der Waals surface area (Å²) in [4.78, 5) is 4.08. The zero-order valence-electron chi connectivity index (χ0n) is 6.90. The molecule has 0 saturated carbocycles. The third kappa shape index (κ3) is 1.62. The highest BCUT2D eigenvalue weighted by molar-refractivity contribution is 5.31. The van der Waals surface area contributed by atoms with E-state index in [-0.39, 0.29) is 0 Å². The lowest BCUT2D eigenvalue weighted by atomic mass is 10.1. The summed E-state index contributed by atoms with van der Waals surface area (Å²) in [5.41, 5.74) is 2.69. The number of nitrogens with zero attached hydrogens (tertiary/aromatic N) is 1. The first kappa shape index (κ1) is 7.29. The number of hydrogen-bond acceptors (Lipinski definition) is 1. The third-order valence-electron chi connectivity index (χ3n) is 1.98. The van der Waals surface area contributed by atoms with E-state index in [0.29, 0.717) is 0 Å². The molecule has 0 spiro atoms. The Balaban J connectivity index is 2.09. The van der Waals surface area contributed by atoms with Crippen LogP contribution in [0.25, 0.3) is 0 Å². The smallest absolute Gasteiger partial charge is 0.0303 e. The summed E-state index contributed by atoms with van der Waals surface area (Å²) in [7, 11) is 0. The maximum atomic E-state index is 4.08. The van der Waals surface area contributed by atoms with Crippen molar-refractivity contribution in [3.05, 3.63) is 53.9 Å². The van der Waals surface area contributed by atoms with Crippen LogP contribution in [0.2, 0.25) is 0 Å². The van der Waals surface area contributed by atoms with E-state index in [1.54, 1.807) is 0 Å². The van der Waals surface area contributed by atoms with Crippen molar-refractivity contribution in [3.63, 3.8) is 0 Å². The van der Waals surface area contributed by atoms with Gasteiger partial charge in [-0.3, -0.25) is 4.98 Å². The Bertz CT molecular complexity index is 309. The Kier molecular flexibility index (Phi) is 2.04. The molecule has 1 aromatic heterocycles. The van der Waals surface area contributed by atoms with Gasteiger partial charge in [0.2, 0.25) is 0 Å². The minimum atomic E-state index is 1.02. The monoisotopic (exact) mass is 157 g/mol. The summed E-state index contributed by atoms with van der Waals surface area (Å²) < 4.78 is 0. The quantitative estimate of drug-likeness (QED) is 0.642. The van der Waals surface area contributed by atoms with Gasteiger partial charge in [-0.1, -0.05) is 24.3 Å².